The van der Waals surface area contributed by atoms with Crippen LogP contribution in [0.4, 0.5) is 23.7 Å². The largest absolute Gasteiger partial charge is 0.416 e. The highest BCUT2D eigenvalue weighted by atomic mass is 32.2. The van der Waals surface area contributed by atoms with Crippen LogP contribution >= 0.6 is 11.8 Å². The predicted molar refractivity (Wildman–Crippen MR) is 136 cm³/mol. The van der Waals surface area contributed by atoms with E-state index in [2.05, 4.69) is 29.3 Å². The SMILES string of the molecule is CC[C@@H]1S[C@@H](c2ccccc2C)N(CCN2CCN(C(=O)Nc3ccc(C(F)(F)F)cc3)CC2)C1=O. The second kappa shape index (κ2) is 11.1. The number of alkyl halides is 3. The minimum atomic E-state index is -4.41. The number of thioether (sulfide) groups is 1. The van der Waals surface area contributed by atoms with Crippen molar-refractivity contribution in [1.82, 2.24) is 14.7 Å². The van der Waals surface area contributed by atoms with Crippen molar-refractivity contribution >= 4 is 29.4 Å². The molecule has 0 spiro atoms. The number of hydrogen-bond acceptors (Lipinski definition) is 4. The second-order valence-corrected chi connectivity index (χ2v) is 10.4. The van der Waals surface area contributed by atoms with E-state index in [1.54, 1.807) is 16.7 Å². The maximum Gasteiger partial charge on any atom is 0.416 e. The molecule has 36 heavy (non-hydrogen) atoms. The molecule has 0 saturated carbocycles. The van der Waals surface area contributed by atoms with Crippen LogP contribution < -0.4 is 5.32 Å². The third-order valence-corrected chi connectivity index (χ3v) is 8.37. The van der Waals surface area contributed by atoms with Gasteiger partial charge in [0.05, 0.1) is 10.8 Å². The van der Waals surface area contributed by atoms with Gasteiger partial charge in [0.2, 0.25) is 5.91 Å². The molecule has 0 aliphatic carbocycles. The Morgan fingerprint density at radius 1 is 1.03 bits per heavy atom. The zero-order valence-corrected chi connectivity index (χ0v) is 21.2. The summed E-state index contributed by atoms with van der Waals surface area (Å²) < 4.78 is 38.2. The first kappa shape index (κ1) is 26.3. The number of benzene rings is 2. The van der Waals surface area contributed by atoms with Crippen molar-refractivity contribution in [3.63, 3.8) is 0 Å². The first-order chi connectivity index (χ1) is 17.2. The summed E-state index contributed by atoms with van der Waals surface area (Å²) in [5.41, 5.74) is 1.93. The first-order valence-electron chi connectivity index (χ1n) is 12.1. The number of nitrogens with one attached hydrogen (secondary N) is 1. The number of carbonyl (C=O) groups excluding carboxylic acids is 2. The van der Waals surface area contributed by atoms with Gasteiger partial charge in [-0.15, -0.1) is 11.8 Å². The lowest BCUT2D eigenvalue weighted by Crippen LogP contribution is -2.51. The van der Waals surface area contributed by atoms with Crippen LogP contribution in [0, 0.1) is 6.92 Å². The molecule has 6 nitrogen and oxygen atoms in total. The van der Waals surface area contributed by atoms with Crippen molar-refractivity contribution in [3.8, 4) is 0 Å². The Kier molecular flexibility index (Phi) is 8.14. The highest BCUT2D eigenvalue weighted by Gasteiger charge is 2.40. The first-order valence-corrected chi connectivity index (χ1v) is 13.1. The van der Waals surface area contributed by atoms with E-state index >= 15 is 0 Å². The highest BCUT2D eigenvalue weighted by Crippen LogP contribution is 2.44. The number of urea groups is 1. The van der Waals surface area contributed by atoms with E-state index in [4.69, 9.17) is 0 Å². The Labute approximate surface area is 213 Å². The predicted octanol–water partition coefficient (Wildman–Crippen LogP) is 5.22. The van der Waals surface area contributed by atoms with E-state index in [9.17, 15) is 22.8 Å². The highest BCUT2D eigenvalue weighted by molar-refractivity contribution is 8.01. The lowest BCUT2D eigenvalue weighted by Gasteiger charge is -2.36. The lowest BCUT2D eigenvalue weighted by molar-refractivity contribution is -0.137. The standard InChI is InChI=1S/C26H31F3N4O2S/c1-3-22-23(34)33(24(36-22)21-7-5-4-6-18(21)2)17-14-31-12-15-32(16-13-31)25(35)30-20-10-8-19(9-11-20)26(27,28)29/h4-11,22,24H,3,12-17H2,1-2H3,(H,30,35)/t22-,24-/m0/s1. The maximum atomic E-state index is 13.1. The van der Waals surface area contributed by atoms with E-state index in [0.717, 1.165) is 25.1 Å². The monoisotopic (exact) mass is 520 g/mol. The van der Waals surface area contributed by atoms with Crippen molar-refractivity contribution in [2.75, 3.05) is 44.6 Å². The van der Waals surface area contributed by atoms with Gasteiger partial charge >= 0.3 is 12.2 Å². The quantitative estimate of drug-likeness (QED) is 0.568. The summed E-state index contributed by atoms with van der Waals surface area (Å²) in [7, 11) is 0. The normalized spacial score (nSPS) is 21.2. The Hall–Kier alpha value is -2.72. The molecule has 1 N–H and O–H groups in total. The van der Waals surface area contributed by atoms with Crippen LogP contribution in [0.25, 0.3) is 0 Å². The molecule has 194 valence electrons. The van der Waals surface area contributed by atoms with E-state index < -0.39 is 11.7 Å². The van der Waals surface area contributed by atoms with Gasteiger partial charge in [-0.2, -0.15) is 13.2 Å². The summed E-state index contributed by atoms with van der Waals surface area (Å²) in [4.78, 5) is 31.5. The van der Waals surface area contributed by atoms with Crippen LogP contribution in [0.2, 0.25) is 0 Å². The summed E-state index contributed by atoms with van der Waals surface area (Å²) in [6, 6.07) is 12.3. The van der Waals surface area contributed by atoms with Crippen molar-refractivity contribution in [2.24, 2.45) is 0 Å². The third-order valence-electron chi connectivity index (χ3n) is 6.74. The summed E-state index contributed by atoms with van der Waals surface area (Å²) in [6.07, 6.45) is -3.61. The Morgan fingerprint density at radius 2 is 1.69 bits per heavy atom. The Bertz CT molecular complexity index is 1070. The molecule has 4 rings (SSSR count). The molecule has 0 aromatic heterocycles. The molecule has 0 unspecified atom stereocenters. The molecule has 0 radical (unpaired) electrons. The van der Waals surface area contributed by atoms with Crippen LogP contribution in [0.15, 0.2) is 48.5 Å². The average Bonchev–Trinajstić information content (AvgIpc) is 3.18. The van der Waals surface area contributed by atoms with Crippen LogP contribution in [-0.4, -0.2) is 71.2 Å². The Balaban J connectivity index is 1.29. The van der Waals surface area contributed by atoms with Gasteiger partial charge in [-0.05, 0) is 48.7 Å². The topological polar surface area (TPSA) is 55.9 Å². The zero-order chi connectivity index (χ0) is 25.9. The van der Waals surface area contributed by atoms with E-state index in [1.165, 1.54) is 23.3 Å². The number of halogens is 3. The summed E-state index contributed by atoms with van der Waals surface area (Å²) in [6.45, 7) is 7.82. The molecule has 2 aliphatic heterocycles. The van der Waals surface area contributed by atoms with Gasteiger partial charge in [-0.1, -0.05) is 31.2 Å². The molecular weight excluding hydrogens is 489 g/mol. The van der Waals surface area contributed by atoms with Gasteiger partial charge < -0.3 is 15.1 Å². The van der Waals surface area contributed by atoms with Gasteiger partial charge in [0, 0.05) is 45.0 Å². The summed E-state index contributed by atoms with van der Waals surface area (Å²) in [5.74, 6) is 0.185. The summed E-state index contributed by atoms with van der Waals surface area (Å²) >= 11 is 1.72. The van der Waals surface area contributed by atoms with Crippen LogP contribution in [0.3, 0.4) is 0 Å². The van der Waals surface area contributed by atoms with Crippen molar-refractivity contribution in [1.29, 1.82) is 0 Å². The molecule has 2 aromatic carbocycles. The Morgan fingerprint density at radius 3 is 2.31 bits per heavy atom. The van der Waals surface area contributed by atoms with Crippen LogP contribution in [0.5, 0.6) is 0 Å². The molecule has 2 aliphatic rings. The minimum absolute atomic E-state index is 0.0134. The number of hydrogen-bond donors (Lipinski definition) is 1. The van der Waals surface area contributed by atoms with Crippen molar-refractivity contribution < 1.29 is 22.8 Å². The minimum Gasteiger partial charge on any atom is -0.324 e. The molecule has 10 heteroatoms. The smallest absolute Gasteiger partial charge is 0.324 e. The number of amides is 3. The molecule has 2 atom stereocenters. The van der Waals surface area contributed by atoms with Gasteiger partial charge in [0.1, 0.15) is 5.37 Å². The molecule has 2 heterocycles. The molecule has 2 saturated heterocycles. The maximum absolute atomic E-state index is 13.1. The number of carbonyl (C=O) groups is 2. The third kappa shape index (κ3) is 5.98. The average molecular weight is 521 g/mol. The molecular formula is C26H31F3N4O2S. The molecule has 2 fully saturated rings. The summed E-state index contributed by atoms with van der Waals surface area (Å²) in [5, 5.41) is 2.66. The molecule has 0 bridgehead atoms. The fourth-order valence-corrected chi connectivity index (χ4v) is 6.08. The van der Waals surface area contributed by atoms with Crippen LogP contribution in [-0.2, 0) is 11.0 Å². The van der Waals surface area contributed by atoms with Crippen molar-refractivity contribution in [2.45, 2.75) is 37.1 Å². The fourth-order valence-electron chi connectivity index (χ4n) is 4.56. The number of aryl methyl sites for hydroxylation is 1. The number of anilines is 1. The number of rotatable bonds is 6. The zero-order valence-electron chi connectivity index (χ0n) is 20.4. The van der Waals surface area contributed by atoms with Crippen LogP contribution in [0.1, 0.15) is 35.4 Å². The second-order valence-electron chi connectivity index (χ2n) is 9.11. The van der Waals surface area contributed by atoms with E-state index in [-0.39, 0.29) is 22.6 Å². The van der Waals surface area contributed by atoms with E-state index in [0.29, 0.717) is 38.4 Å². The number of nitrogens with zero attached hydrogens (tertiary/aromatic N) is 3. The van der Waals surface area contributed by atoms with E-state index in [1.807, 2.05) is 24.0 Å². The van der Waals surface area contributed by atoms with Gasteiger partial charge in [0.25, 0.3) is 0 Å². The fraction of sp³-hybridized carbons (Fsp3) is 0.462. The number of piperazine rings is 1. The van der Waals surface area contributed by atoms with Crippen molar-refractivity contribution in [3.05, 3.63) is 65.2 Å². The molecule has 2 aromatic rings. The van der Waals surface area contributed by atoms with Gasteiger partial charge in [0.15, 0.2) is 0 Å². The van der Waals surface area contributed by atoms with Gasteiger partial charge in [-0.25, -0.2) is 4.79 Å². The van der Waals surface area contributed by atoms with Gasteiger partial charge in [-0.3, -0.25) is 9.69 Å². The molecule has 3 amide bonds. The lowest BCUT2D eigenvalue weighted by atomic mass is 10.1.